The summed E-state index contributed by atoms with van der Waals surface area (Å²) in [5, 5.41) is 3.07. The summed E-state index contributed by atoms with van der Waals surface area (Å²) in [6.07, 6.45) is 1.48. The predicted octanol–water partition coefficient (Wildman–Crippen LogP) is 3.43. The maximum atomic E-state index is 14.0. The largest absolute Gasteiger partial charge is 0.354 e. The van der Waals surface area contributed by atoms with Crippen molar-refractivity contribution in [2.24, 2.45) is 5.92 Å². The Balaban J connectivity index is 1.58. The third-order valence-electron chi connectivity index (χ3n) is 6.49. The topological polar surface area (TPSA) is 69.7 Å². The van der Waals surface area contributed by atoms with E-state index in [0.29, 0.717) is 25.5 Å². The van der Waals surface area contributed by atoms with Gasteiger partial charge in [0.05, 0.1) is 0 Å². The molecule has 186 valence electrons. The molecule has 0 spiro atoms. The van der Waals surface area contributed by atoms with Crippen molar-refractivity contribution in [2.75, 3.05) is 32.7 Å². The van der Waals surface area contributed by atoms with Crippen molar-refractivity contribution in [1.82, 2.24) is 14.5 Å². The average molecular weight is 494 g/mol. The van der Waals surface area contributed by atoms with E-state index < -0.39 is 26.6 Å². The van der Waals surface area contributed by atoms with E-state index in [0.717, 1.165) is 35.9 Å². The Labute approximate surface area is 201 Å². The van der Waals surface area contributed by atoms with Crippen molar-refractivity contribution in [3.8, 4) is 0 Å². The molecule has 0 aromatic heterocycles. The minimum absolute atomic E-state index is 0.0832. The highest BCUT2D eigenvalue weighted by Crippen LogP contribution is 2.26. The number of piperidine rings is 1. The lowest BCUT2D eigenvalue weighted by Crippen LogP contribution is -2.48. The van der Waals surface area contributed by atoms with Gasteiger partial charge in [0.25, 0.3) is 0 Å². The molecule has 0 aliphatic carbocycles. The fraction of sp³-hybridized carbons (Fsp3) is 0.480. The van der Waals surface area contributed by atoms with Crippen molar-refractivity contribution in [2.45, 2.75) is 44.0 Å². The van der Waals surface area contributed by atoms with Crippen molar-refractivity contribution in [3.05, 3.63) is 65.7 Å². The molecule has 34 heavy (non-hydrogen) atoms. The number of nitrogens with one attached hydrogen (secondary N) is 1. The number of amides is 1. The van der Waals surface area contributed by atoms with Crippen molar-refractivity contribution in [1.29, 1.82) is 0 Å². The van der Waals surface area contributed by atoms with Gasteiger partial charge < -0.3 is 5.32 Å². The molecule has 1 atom stereocenters. The van der Waals surface area contributed by atoms with Gasteiger partial charge in [-0.25, -0.2) is 17.2 Å². The van der Waals surface area contributed by atoms with Crippen molar-refractivity contribution >= 4 is 15.9 Å². The average Bonchev–Trinajstić information content (AvgIpc) is 2.85. The minimum Gasteiger partial charge on any atom is -0.354 e. The van der Waals surface area contributed by atoms with Crippen LogP contribution < -0.4 is 5.32 Å². The Morgan fingerprint density at radius 3 is 2.35 bits per heavy atom. The van der Waals surface area contributed by atoms with E-state index >= 15 is 0 Å². The molecule has 1 saturated heterocycles. The zero-order valence-corrected chi connectivity index (χ0v) is 20.5. The first kappa shape index (κ1) is 26.2. The summed E-state index contributed by atoms with van der Waals surface area (Å²) in [6, 6.07) is 12.7. The van der Waals surface area contributed by atoms with E-state index in [-0.39, 0.29) is 31.0 Å². The summed E-state index contributed by atoms with van der Waals surface area (Å²) < 4.78 is 54.2. The van der Waals surface area contributed by atoms with Crippen LogP contribution in [0.1, 0.15) is 32.3 Å². The van der Waals surface area contributed by atoms with Gasteiger partial charge in [0, 0.05) is 31.6 Å². The lowest BCUT2D eigenvalue weighted by Gasteiger charge is -2.33. The number of hydrogen-bond acceptors (Lipinski definition) is 4. The number of sulfonamides is 1. The first-order chi connectivity index (χ1) is 16.3. The quantitative estimate of drug-likeness (QED) is 0.551. The normalized spacial score (nSPS) is 16.5. The number of nitrogens with zero attached hydrogens (tertiary/aromatic N) is 2. The van der Waals surface area contributed by atoms with Gasteiger partial charge in [-0.1, -0.05) is 44.2 Å². The van der Waals surface area contributed by atoms with E-state index in [1.54, 1.807) is 0 Å². The molecule has 1 heterocycles. The molecule has 0 saturated carbocycles. The molecule has 6 nitrogen and oxygen atoms in total. The first-order valence-corrected chi connectivity index (χ1v) is 13.2. The van der Waals surface area contributed by atoms with Crippen LogP contribution in [0, 0.1) is 17.6 Å². The zero-order valence-electron chi connectivity index (χ0n) is 19.7. The first-order valence-electron chi connectivity index (χ1n) is 11.8. The van der Waals surface area contributed by atoms with E-state index in [1.165, 1.54) is 5.56 Å². The summed E-state index contributed by atoms with van der Waals surface area (Å²) in [5.41, 5.74) is 1.21. The third kappa shape index (κ3) is 6.40. The predicted molar refractivity (Wildman–Crippen MR) is 128 cm³/mol. The molecule has 2 aromatic carbocycles. The molecule has 1 unspecified atom stereocenters. The van der Waals surface area contributed by atoms with Gasteiger partial charge in [-0.2, -0.15) is 4.31 Å². The number of hydrogen-bond donors (Lipinski definition) is 1. The molecule has 1 fully saturated rings. The fourth-order valence-electron chi connectivity index (χ4n) is 4.49. The number of benzene rings is 2. The Hall–Kier alpha value is -2.36. The second-order valence-corrected chi connectivity index (χ2v) is 10.5. The highest BCUT2D eigenvalue weighted by atomic mass is 32.2. The van der Waals surface area contributed by atoms with Gasteiger partial charge in [0.15, 0.2) is 0 Å². The Morgan fingerprint density at radius 2 is 1.74 bits per heavy atom. The molecule has 0 radical (unpaired) electrons. The molecule has 2 aromatic rings. The van der Waals surface area contributed by atoms with Crippen molar-refractivity contribution < 1.29 is 22.0 Å². The number of rotatable bonds is 10. The minimum atomic E-state index is -4.16. The Kier molecular flexibility index (Phi) is 9.16. The lowest BCUT2D eigenvalue weighted by molar-refractivity contribution is -0.126. The second kappa shape index (κ2) is 11.9. The highest BCUT2D eigenvalue weighted by molar-refractivity contribution is 7.89. The zero-order chi connectivity index (χ0) is 24.7. The van der Waals surface area contributed by atoms with Gasteiger partial charge in [-0.3, -0.25) is 9.69 Å². The number of carbonyl (C=O) groups is 1. The monoisotopic (exact) mass is 493 g/mol. The molecule has 0 bridgehead atoms. The van der Waals surface area contributed by atoms with Crippen LogP contribution in [0.2, 0.25) is 0 Å². The number of likely N-dealkylation sites (N-methyl/N-ethyl adjacent to an activating group) is 1. The number of carbonyl (C=O) groups excluding carboxylic acids is 1. The van der Waals surface area contributed by atoms with Gasteiger partial charge >= 0.3 is 0 Å². The number of halogens is 2. The maximum Gasteiger partial charge on any atom is 0.246 e. The van der Waals surface area contributed by atoms with Gasteiger partial charge in [-0.15, -0.1) is 0 Å². The van der Waals surface area contributed by atoms with Crippen LogP contribution in [0.3, 0.4) is 0 Å². The summed E-state index contributed by atoms with van der Waals surface area (Å²) in [5.74, 6) is -2.22. The summed E-state index contributed by atoms with van der Waals surface area (Å²) >= 11 is 0. The van der Waals surface area contributed by atoms with E-state index in [9.17, 15) is 22.0 Å². The third-order valence-corrected chi connectivity index (χ3v) is 8.40. The maximum absolute atomic E-state index is 14.0. The standard InChI is InChI=1S/C25H33F2N3O3S/c1-3-29(4-2)22(16-19-8-6-5-7-9-19)18-28-25(31)20-12-14-30(15-13-20)34(32,33)24-17-21(26)10-11-23(24)27/h5-11,17,20,22H,3-4,12-16,18H2,1-2H3,(H,28,31). The van der Waals surface area contributed by atoms with E-state index in [2.05, 4.69) is 36.2 Å². The van der Waals surface area contributed by atoms with Crippen LogP contribution in [0.15, 0.2) is 53.4 Å². The van der Waals surface area contributed by atoms with Gasteiger partial charge in [-0.05, 0) is 56.1 Å². The highest BCUT2D eigenvalue weighted by Gasteiger charge is 2.34. The van der Waals surface area contributed by atoms with Gasteiger partial charge in [0.1, 0.15) is 16.5 Å². The van der Waals surface area contributed by atoms with E-state index in [4.69, 9.17) is 0 Å². The smallest absolute Gasteiger partial charge is 0.246 e. The molecule has 3 rings (SSSR count). The van der Waals surface area contributed by atoms with E-state index in [1.807, 2.05) is 18.2 Å². The molecule has 1 aliphatic rings. The van der Waals surface area contributed by atoms with Crippen LogP contribution in [0.5, 0.6) is 0 Å². The Morgan fingerprint density at radius 1 is 1.09 bits per heavy atom. The fourth-order valence-corrected chi connectivity index (χ4v) is 6.04. The molecule has 1 aliphatic heterocycles. The summed E-state index contributed by atoms with van der Waals surface area (Å²) in [6.45, 7) is 6.61. The van der Waals surface area contributed by atoms with Gasteiger partial charge in [0.2, 0.25) is 15.9 Å². The van der Waals surface area contributed by atoms with Crippen LogP contribution in [-0.2, 0) is 21.2 Å². The van der Waals surface area contributed by atoms with Crippen LogP contribution in [0.4, 0.5) is 8.78 Å². The molecule has 1 amide bonds. The van der Waals surface area contributed by atoms with Crippen LogP contribution >= 0.6 is 0 Å². The SMILES string of the molecule is CCN(CC)C(CNC(=O)C1CCN(S(=O)(=O)c2cc(F)ccc2F)CC1)Cc1ccccc1. The molecular formula is C25H33F2N3O3S. The lowest BCUT2D eigenvalue weighted by atomic mass is 9.97. The second-order valence-electron chi connectivity index (χ2n) is 8.56. The van der Waals surface area contributed by atoms with Crippen LogP contribution in [-0.4, -0.2) is 62.3 Å². The Bertz CT molecular complexity index is 1050. The molecule has 9 heteroatoms. The molecule has 1 N–H and O–H groups in total. The summed E-state index contributed by atoms with van der Waals surface area (Å²) in [4.78, 5) is 14.5. The van der Waals surface area contributed by atoms with Crippen LogP contribution in [0.25, 0.3) is 0 Å². The van der Waals surface area contributed by atoms with Crippen molar-refractivity contribution in [3.63, 3.8) is 0 Å². The molecular weight excluding hydrogens is 460 g/mol. The summed E-state index contributed by atoms with van der Waals surface area (Å²) in [7, 11) is -4.16.